The molecule has 2 unspecified atom stereocenters. The van der Waals surface area contributed by atoms with Crippen molar-refractivity contribution < 1.29 is 4.39 Å². The molecule has 1 aromatic rings. The van der Waals surface area contributed by atoms with Crippen LogP contribution in [-0.4, -0.2) is 16.8 Å². The average Bonchev–Trinajstić information content (AvgIpc) is 2.84. The standard InChI is InChI=1S/C14H17FN2/c1-9-3-2-4-13(9)17-8-10-5-6-11(15)7-12(10)14(17)16/h5-7,9,13,16H,2-4,8H2,1H3. The molecule has 17 heavy (non-hydrogen) atoms. The summed E-state index contributed by atoms with van der Waals surface area (Å²) in [5, 5.41) is 8.20. The second-order valence-electron chi connectivity index (χ2n) is 5.25. The molecular formula is C14H17FN2. The van der Waals surface area contributed by atoms with Gasteiger partial charge in [-0.1, -0.05) is 19.4 Å². The Bertz CT molecular complexity index is 469. The third-order valence-corrected chi connectivity index (χ3v) is 4.17. The van der Waals surface area contributed by atoms with Gasteiger partial charge in [-0.25, -0.2) is 4.39 Å². The average molecular weight is 232 g/mol. The van der Waals surface area contributed by atoms with Crippen LogP contribution in [0.2, 0.25) is 0 Å². The zero-order valence-electron chi connectivity index (χ0n) is 10.0. The zero-order chi connectivity index (χ0) is 12.0. The summed E-state index contributed by atoms with van der Waals surface area (Å²) in [6, 6.07) is 5.28. The van der Waals surface area contributed by atoms with Crippen LogP contribution in [0.5, 0.6) is 0 Å². The van der Waals surface area contributed by atoms with E-state index in [1.807, 2.05) is 6.07 Å². The summed E-state index contributed by atoms with van der Waals surface area (Å²) in [6.45, 7) is 3.04. The highest BCUT2D eigenvalue weighted by atomic mass is 19.1. The quantitative estimate of drug-likeness (QED) is 0.791. The Balaban J connectivity index is 1.91. The number of hydrogen-bond donors (Lipinski definition) is 1. The van der Waals surface area contributed by atoms with E-state index < -0.39 is 0 Å². The lowest BCUT2D eigenvalue weighted by atomic mass is 10.1. The van der Waals surface area contributed by atoms with Crippen LogP contribution in [0.1, 0.15) is 37.3 Å². The molecule has 1 heterocycles. The molecule has 1 aliphatic heterocycles. The number of nitrogens with one attached hydrogen (secondary N) is 1. The first-order chi connectivity index (χ1) is 8.16. The first kappa shape index (κ1) is 10.8. The van der Waals surface area contributed by atoms with Crippen LogP contribution in [0.15, 0.2) is 18.2 Å². The van der Waals surface area contributed by atoms with E-state index in [1.54, 1.807) is 0 Å². The molecule has 0 amide bonds. The third kappa shape index (κ3) is 1.65. The number of fused-ring (bicyclic) bond motifs is 1. The van der Waals surface area contributed by atoms with Gasteiger partial charge in [-0.3, -0.25) is 5.41 Å². The van der Waals surface area contributed by atoms with Gasteiger partial charge in [-0.2, -0.15) is 0 Å². The maximum atomic E-state index is 13.2. The molecule has 0 spiro atoms. The molecule has 2 atom stereocenters. The van der Waals surface area contributed by atoms with Gasteiger partial charge < -0.3 is 4.90 Å². The molecular weight excluding hydrogens is 215 g/mol. The lowest BCUT2D eigenvalue weighted by molar-refractivity contribution is 0.266. The van der Waals surface area contributed by atoms with Gasteiger partial charge in [0.25, 0.3) is 0 Å². The normalized spacial score (nSPS) is 27.6. The molecule has 0 aromatic heterocycles. The molecule has 0 bridgehead atoms. The second kappa shape index (κ2) is 3.83. The molecule has 2 aliphatic rings. The van der Waals surface area contributed by atoms with Crippen molar-refractivity contribution in [3.05, 3.63) is 35.1 Å². The molecule has 1 saturated carbocycles. The van der Waals surface area contributed by atoms with Gasteiger partial charge in [0.2, 0.25) is 0 Å². The van der Waals surface area contributed by atoms with Gasteiger partial charge in [0.05, 0.1) is 0 Å². The Labute approximate surface area is 101 Å². The number of nitrogens with zero attached hydrogens (tertiary/aromatic N) is 1. The molecule has 3 heteroatoms. The predicted octanol–water partition coefficient (Wildman–Crippen LogP) is 3.16. The lowest BCUT2D eigenvalue weighted by Crippen LogP contribution is -2.37. The van der Waals surface area contributed by atoms with E-state index in [-0.39, 0.29) is 5.82 Å². The Morgan fingerprint density at radius 3 is 2.88 bits per heavy atom. The van der Waals surface area contributed by atoms with Crippen LogP contribution in [0.3, 0.4) is 0 Å². The zero-order valence-corrected chi connectivity index (χ0v) is 10.0. The van der Waals surface area contributed by atoms with E-state index in [9.17, 15) is 4.39 Å². The van der Waals surface area contributed by atoms with Crippen LogP contribution in [0.25, 0.3) is 0 Å². The number of halogens is 1. The van der Waals surface area contributed by atoms with Crippen LogP contribution < -0.4 is 0 Å². The van der Waals surface area contributed by atoms with E-state index in [1.165, 1.54) is 31.4 Å². The van der Waals surface area contributed by atoms with E-state index >= 15 is 0 Å². The van der Waals surface area contributed by atoms with Gasteiger partial charge in [-0.15, -0.1) is 0 Å². The van der Waals surface area contributed by atoms with Crippen molar-refractivity contribution in [3.63, 3.8) is 0 Å². The summed E-state index contributed by atoms with van der Waals surface area (Å²) in [7, 11) is 0. The maximum absolute atomic E-state index is 13.2. The second-order valence-corrected chi connectivity index (χ2v) is 5.25. The Hall–Kier alpha value is -1.38. The fourth-order valence-corrected chi connectivity index (χ4v) is 3.20. The maximum Gasteiger partial charge on any atom is 0.129 e. The molecule has 0 saturated heterocycles. The van der Waals surface area contributed by atoms with Gasteiger partial charge in [-0.05, 0) is 36.5 Å². The minimum atomic E-state index is -0.241. The summed E-state index contributed by atoms with van der Waals surface area (Å²) in [5.74, 6) is 0.919. The molecule has 2 nitrogen and oxygen atoms in total. The summed E-state index contributed by atoms with van der Waals surface area (Å²) in [4.78, 5) is 2.15. The van der Waals surface area contributed by atoms with Gasteiger partial charge in [0.15, 0.2) is 0 Å². The van der Waals surface area contributed by atoms with E-state index in [4.69, 9.17) is 5.41 Å². The monoisotopic (exact) mass is 232 g/mol. The highest BCUT2D eigenvalue weighted by Crippen LogP contribution is 2.35. The van der Waals surface area contributed by atoms with Gasteiger partial charge >= 0.3 is 0 Å². The predicted molar refractivity (Wildman–Crippen MR) is 65.6 cm³/mol. The Kier molecular flexibility index (Phi) is 2.42. The molecule has 0 radical (unpaired) electrons. The van der Waals surface area contributed by atoms with Crippen LogP contribution in [0.4, 0.5) is 4.39 Å². The van der Waals surface area contributed by atoms with Crippen LogP contribution in [-0.2, 0) is 6.54 Å². The number of amidine groups is 1. The summed E-state index contributed by atoms with van der Waals surface area (Å²) >= 11 is 0. The smallest absolute Gasteiger partial charge is 0.129 e. The van der Waals surface area contributed by atoms with Crippen molar-refractivity contribution in [2.45, 2.75) is 38.8 Å². The topological polar surface area (TPSA) is 27.1 Å². The third-order valence-electron chi connectivity index (χ3n) is 4.17. The van der Waals surface area contributed by atoms with Crippen molar-refractivity contribution in [1.82, 2.24) is 4.90 Å². The molecule has 1 aliphatic carbocycles. The minimum Gasteiger partial charge on any atom is -0.349 e. The number of hydrogen-bond acceptors (Lipinski definition) is 1. The van der Waals surface area contributed by atoms with Crippen molar-refractivity contribution in [2.75, 3.05) is 0 Å². The van der Waals surface area contributed by atoms with Crippen LogP contribution >= 0.6 is 0 Å². The molecule has 1 fully saturated rings. The largest absolute Gasteiger partial charge is 0.349 e. The summed E-state index contributed by atoms with van der Waals surface area (Å²) in [5.41, 5.74) is 1.87. The molecule has 3 rings (SSSR count). The van der Waals surface area contributed by atoms with E-state index in [0.29, 0.717) is 17.8 Å². The Morgan fingerprint density at radius 2 is 2.18 bits per heavy atom. The van der Waals surface area contributed by atoms with Crippen molar-refractivity contribution >= 4 is 5.84 Å². The summed E-state index contributed by atoms with van der Waals surface area (Å²) in [6.07, 6.45) is 3.67. The van der Waals surface area contributed by atoms with Crippen molar-refractivity contribution in [1.29, 1.82) is 5.41 Å². The lowest BCUT2D eigenvalue weighted by Gasteiger charge is -2.29. The first-order valence-corrected chi connectivity index (χ1v) is 6.31. The number of rotatable bonds is 1. The number of benzene rings is 1. The SMILES string of the molecule is CC1CCCC1N1Cc2ccc(F)cc2C1=N. The van der Waals surface area contributed by atoms with Crippen LogP contribution in [0, 0.1) is 17.1 Å². The highest BCUT2D eigenvalue weighted by molar-refractivity contribution is 6.00. The summed E-state index contributed by atoms with van der Waals surface area (Å²) < 4.78 is 13.2. The van der Waals surface area contributed by atoms with Gasteiger partial charge in [0, 0.05) is 18.2 Å². The molecule has 1 N–H and O–H groups in total. The highest BCUT2D eigenvalue weighted by Gasteiger charge is 2.35. The van der Waals surface area contributed by atoms with E-state index in [2.05, 4.69) is 11.8 Å². The van der Waals surface area contributed by atoms with Gasteiger partial charge in [0.1, 0.15) is 11.7 Å². The Morgan fingerprint density at radius 1 is 1.35 bits per heavy atom. The fourth-order valence-electron chi connectivity index (χ4n) is 3.20. The van der Waals surface area contributed by atoms with E-state index in [0.717, 1.165) is 17.7 Å². The fraction of sp³-hybridized carbons (Fsp3) is 0.500. The van der Waals surface area contributed by atoms with Crippen molar-refractivity contribution in [3.8, 4) is 0 Å². The minimum absolute atomic E-state index is 0.241. The molecule has 90 valence electrons. The van der Waals surface area contributed by atoms with Crippen molar-refractivity contribution in [2.24, 2.45) is 5.92 Å². The first-order valence-electron chi connectivity index (χ1n) is 6.31. The molecule has 1 aromatic carbocycles.